The van der Waals surface area contributed by atoms with Gasteiger partial charge in [-0.15, -0.1) is 0 Å². The third-order valence-corrected chi connectivity index (χ3v) is 3.90. The van der Waals surface area contributed by atoms with Crippen LogP contribution in [-0.2, 0) is 16.0 Å². The number of nitrogens with zero attached hydrogens (tertiary/aromatic N) is 1. The Morgan fingerprint density at radius 1 is 1.29 bits per heavy atom. The Kier molecular flexibility index (Phi) is 3.90. The fourth-order valence-corrected chi connectivity index (χ4v) is 2.76. The van der Waals surface area contributed by atoms with Crippen LogP contribution in [0.1, 0.15) is 18.4 Å². The van der Waals surface area contributed by atoms with E-state index in [0.717, 1.165) is 17.5 Å². The average Bonchev–Trinajstić information content (AvgIpc) is 2.78. The van der Waals surface area contributed by atoms with Gasteiger partial charge in [-0.2, -0.15) is 0 Å². The Bertz CT molecular complexity index is 662. The Morgan fingerprint density at radius 2 is 2.14 bits per heavy atom. The Labute approximate surface area is 123 Å². The smallest absolute Gasteiger partial charge is 0.239 e. The highest BCUT2D eigenvalue weighted by molar-refractivity contribution is 5.86. The van der Waals surface area contributed by atoms with Crippen LogP contribution >= 0.6 is 0 Å². The molecule has 0 aliphatic carbocycles. The van der Waals surface area contributed by atoms with Crippen LogP contribution in [0.5, 0.6) is 0 Å². The highest BCUT2D eigenvalue weighted by atomic mass is 16.2. The molecule has 2 heterocycles. The van der Waals surface area contributed by atoms with Crippen molar-refractivity contribution in [3.8, 4) is 0 Å². The average molecular weight is 285 g/mol. The second-order valence-corrected chi connectivity index (χ2v) is 5.38. The molecular weight excluding hydrogens is 266 g/mol. The number of nitrogens with one attached hydrogen (secondary N) is 2. The van der Waals surface area contributed by atoms with Crippen LogP contribution < -0.4 is 5.32 Å². The van der Waals surface area contributed by atoms with E-state index in [2.05, 4.69) is 16.4 Å². The summed E-state index contributed by atoms with van der Waals surface area (Å²) in [4.78, 5) is 28.6. The standard InChI is InChI=1S/C16H19N3O2/c20-15-11-19(9-3-8-17-15)16(21)7-6-12-10-18-14-5-2-1-4-13(12)14/h1-2,4-5,10,18H,3,6-9,11H2,(H,17,20). The molecule has 2 aromatic rings. The molecule has 5 nitrogen and oxygen atoms in total. The number of benzene rings is 1. The van der Waals surface area contributed by atoms with Crippen molar-refractivity contribution in [2.24, 2.45) is 0 Å². The number of H-pyrrole nitrogens is 1. The lowest BCUT2D eigenvalue weighted by atomic mass is 10.1. The normalized spacial score (nSPS) is 15.8. The maximum Gasteiger partial charge on any atom is 0.239 e. The molecule has 0 radical (unpaired) electrons. The van der Waals surface area contributed by atoms with E-state index in [9.17, 15) is 9.59 Å². The van der Waals surface area contributed by atoms with Gasteiger partial charge in [-0.3, -0.25) is 9.59 Å². The molecule has 5 heteroatoms. The van der Waals surface area contributed by atoms with Gasteiger partial charge in [-0.25, -0.2) is 0 Å². The Hall–Kier alpha value is -2.30. The highest BCUT2D eigenvalue weighted by Crippen LogP contribution is 2.19. The fourth-order valence-electron chi connectivity index (χ4n) is 2.76. The topological polar surface area (TPSA) is 65.2 Å². The highest BCUT2D eigenvalue weighted by Gasteiger charge is 2.19. The van der Waals surface area contributed by atoms with E-state index in [1.165, 1.54) is 5.39 Å². The summed E-state index contributed by atoms with van der Waals surface area (Å²) in [6.45, 7) is 1.50. The molecule has 1 aromatic carbocycles. The summed E-state index contributed by atoms with van der Waals surface area (Å²) in [5.41, 5.74) is 2.24. The van der Waals surface area contributed by atoms with Crippen molar-refractivity contribution in [2.75, 3.05) is 19.6 Å². The van der Waals surface area contributed by atoms with E-state index >= 15 is 0 Å². The van der Waals surface area contributed by atoms with Crippen molar-refractivity contribution in [3.05, 3.63) is 36.0 Å². The first kappa shape index (κ1) is 13.7. The second-order valence-electron chi connectivity index (χ2n) is 5.38. The van der Waals surface area contributed by atoms with Gasteiger partial charge >= 0.3 is 0 Å². The third kappa shape index (κ3) is 3.07. The van der Waals surface area contributed by atoms with Crippen molar-refractivity contribution < 1.29 is 9.59 Å². The Balaban J connectivity index is 1.64. The summed E-state index contributed by atoms with van der Waals surface area (Å²) in [5, 5.41) is 3.95. The lowest BCUT2D eigenvalue weighted by Crippen LogP contribution is -2.37. The van der Waals surface area contributed by atoms with Crippen LogP contribution in [0.15, 0.2) is 30.5 Å². The first-order valence-electron chi connectivity index (χ1n) is 7.33. The molecule has 0 saturated carbocycles. The zero-order chi connectivity index (χ0) is 14.7. The molecule has 1 saturated heterocycles. The van der Waals surface area contributed by atoms with Crippen LogP contribution in [0.3, 0.4) is 0 Å². The van der Waals surface area contributed by atoms with E-state index in [1.54, 1.807) is 4.90 Å². The van der Waals surface area contributed by atoms with Gasteiger partial charge in [0.25, 0.3) is 0 Å². The van der Waals surface area contributed by atoms with Crippen LogP contribution in [0.25, 0.3) is 10.9 Å². The van der Waals surface area contributed by atoms with Gasteiger partial charge in [-0.05, 0) is 24.5 Å². The lowest BCUT2D eigenvalue weighted by Gasteiger charge is -2.18. The fraction of sp³-hybridized carbons (Fsp3) is 0.375. The number of hydrogen-bond donors (Lipinski definition) is 2. The molecule has 21 heavy (non-hydrogen) atoms. The summed E-state index contributed by atoms with van der Waals surface area (Å²) in [7, 11) is 0. The summed E-state index contributed by atoms with van der Waals surface area (Å²) in [5.74, 6) is -0.00900. The van der Waals surface area contributed by atoms with Crippen LogP contribution in [0, 0.1) is 0 Å². The van der Waals surface area contributed by atoms with Gasteiger partial charge in [0, 0.05) is 36.6 Å². The largest absolute Gasteiger partial charge is 0.361 e. The van der Waals surface area contributed by atoms with E-state index in [1.807, 2.05) is 24.4 Å². The summed E-state index contributed by atoms with van der Waals surface area (Å²) in [6, 6.07) is 8.08. The molecule has 0 bridgehead atoms. The molecular formula is C16H19N3O2. The molecule has 2 N–H and O–H groups in total. The molecule has 3 rings (SSSR count). The van der Waals surface area contributed by atoms with Gasteiger partial charge in [0.05, 0.1) is 6.54 Å². The number of para-hydroxylation sites is 1. The van der Waals surface area contributed by atoms with Crippen LogP contribution in [0.4, 0.5) is 0 Å². The molecule has 0 atom stereocenters. The number of hydrogen-bond acceptors (Lipinski definition) is 2. The zero-order valence-electron chi connectivity index (χ0n) is 11.9. The molecule has 1 aliphatic rings. The van der Waals surface area contributed by atoms with Crippen LogP contribution in [-0.4, -0.2) is 41.3 Å². The number of rotatable bonds is 3. The summed E-state index contributed by atoms with van der Waals surface area (Å²) >= 11 is 0. The zero-order valence-corrected chi connectivity index (χ0v) is 11.9. The van der Waals surface area contributed by atoms with Gasteiger partial charge < -0.3 is 15.2 Å². The van der Waals surface area contributed by atoms with Crippen molar-refractivity contribution in [3.63, 3.8) is 0 Å². The van der Waals surface area contributed by atoms with Crippen molar-refractivity contribution in [2.45, 2.75) is 19.3 Å². The van der Waals surface area contributed by atoms with E-state index < -0.39 is 0 Å². The predicted molar refractivity (Wildman–Crippen MR) is 80.8 cm³/mol. The number of aryl methyl sites for hydroxylation is 1. The van der Waals surface area contributed by atoms with Crippen molar-refractivity contribution in [1.82, 2.24) is 15.2 Å². The van der Waals surface area contributed by atoms with E-state index in [4.69, 9.17) is 0 Å². The monoisotopic (exact) mass is 285 g/mol. The predicted octanol–water partition coefficient (Wildman–Crippen LogP) is 1.45. The van der Waals surface area contributed by atoms with Gasteiger partial charge in [-0.1, -0.05) is 18.2 Å². The first-order chi connectivity index (χ1) is 10.2. The lowest BCUT2D eigenvalue weighted by molar-refractivity contribution is -0.135. The van der Waals surface area contributed by atoms with Gasteiger partial charge in [0.1, 0.15) is 0 Å². The van der Waals surface area contributed by atoms with Gasteiger partial charge in [0.2, 0.25) is 11.8 Å². The Morgan fingerprint density at radius 3 is 3.05 bits per heavy atom. The maximum atomic E-state index is 12.3. The summed E-state index contributed by atoms with van der Waals surface area (Å²) < 4.78 is 0. The number of fused-ring (bicyclic) bond motifs is 1. The van der Waals surface area contributed by atoms with Crippen molar-refractivity contribution >= 4 is 22.7 Å². The molecule has 1 aromatic heterocycles. The molecule has 0 unspecified atom stereocenters. The van der Waals surface area contributed by atoms with Crippen LogP contribution in [0.2, 0.25) is 0 Å². The first-order valence-corrected chi connectivity index (χ1v) is 7.33. The molecule has 1 fully saturated rings. The number of aromatic nitrogens is 1. The molecule has 110 valence electrons. The number of carbonyl (C=O) groups is 2. The second kappa shape index (κ2) is 5.99. The molecule has 1 aliphatic heterocycles. The molecule has 0 spiro atoms. The summed E-state index contributed by atoms with van der Waals surface area (Å²) in [6.07, 6.45) is 3.92. The van der Waals surface area contributed by atoms with E-state index in [0.29, 0.717) is 25.9 Å². The number of carbonyl (C=O) groups excluding carboxylic acids is 2. The maximum absolute atomic E-state index is 12.3. The minimum absolute atomic E-state index is 0.0531. The molecule has 2 amide bonds. The quantitative estimate of drug-likeness (QED) is 0.896. The third-order valence-electron chi connectivity index (χ3n) is 3.90. The minimum atomic E-state index is -0.0621. The number of amides is 2. The van der Waals surface area contributed by atoms with E-state index in [-0.39, 0.29) is 18.4 Å². The SMILES string of the molecule is O=C1CN(C(=O)CCc2c[nH]c3ccccc23)CCCN1. The van der Waals surface area contributed by atoms with Crippen molar-refractivity contribution in [1.29, 1.82) is 0 Å². The number of aromatic amines is 1. The van der Waals surface area contributed by atoms with Gasteiger partial charge in [0.15, 0.2) is 0 Å². The minimum Gasteiger partial charge on any atom is -0.361 e.